The molecule has 806 valence electrons. The highest BCUT2D eigenvalue weighted by Gasteiger charge is 2.52. The van der Waals surface area contributed by atoms with Gasteiger partial charge in [0.15, 0.2) is 22.6 Å². The fraction of sp³-hybridized carbons (Fsp3) is 0.633. The van der Waals surface area contributed by atoms with Crippen molar-refractivity contribution in [2.75, 3.05) is 60.6 Å². The lowest BCUT2D eigenvalue weighted by Crippen LogP contribution is -2.59. The first-order valence-corrected chi connectivity index (χ1v) is 50.1. The van der Waals surface area contributed by atoms with Crippen molar-refractivity contribution in [3.05, 3.63) is 143 Å². The molecule has 0 aromatic heterocycles. The Kier molecular flexibility index (Phi) is 47.4. The molecule has 9 amide bonds. The molecule has 145 heavy (non-hydrogen) atoms. The van der Waals surface area contributed by atoms with E-state index in [-0.39, 0.29) is 151 Å². The van der Waals surface area contributed by atoms with Crippen molar-refractivity contribution in [1.29, 1.82) is 0 Å². The number of esters is 2. The zero-order chi connectivity index (χ0) is 110. The quantitative estimate of drug-likeness (QED) is 0.0116. The number of nitrogens with zero attached hydrogens (tertiary/aromatic N) is 3. The summed E-state index contributed by atoms with van der Waals surface area (Å²) in [7, 11) is 1.49. The van der Waals surface area contributed by atoms with Crippen LogP contribution in [0.15, 0.2) is 109 Å². The molecule has 4 heterocycles. The van der Waals surface area contributed by atoms with Gasteiger partial charge in [-0.2, -0.15) is 0 Å². The molecule has 35 nitrogen and oxygen atoms in total. The summed E-state index contributed by atoms with van der Waals surface area (Å²) >= 11 is 0. The first-order valence-electron chi connectivity index (χ1n) is 50.8. The number of ether oxygens (including phenoxy) is 8. The van der Waals surface area contributed by atoms with Crippen molar-refractivity contribution in [3.63, 3.8) is 0 Å². The number of alkyl halides is 1. The maximum Gasteiger partial charge on any atom is 0.411 e. The van der Waals surface area contributed by atoms with Crippen molar-refractivity contribution in [2.24, 2.45) is 35.5 Å². The molecule has 2 saturated heterocycles. The number of rotatable bonds is 40. The predicted molar refractivity (Wildman–Crippen MR) is 545 cm³/mol. The van der Waals surface area contributed by atoms with Gasteiger partial charge in [0.05, 0.1) is 54.5 Å². The third kappa shape index (κ3) is 43.6. The average Bonchev–Trinajstić information content (AvgIpc) is 1.69. The third-order valence-corrected chi connectivity index (χ3v) is 23.9. The smallest absolute Gasteiger partial charge is 0.411 e. The minimum atomic E-state index is -1.62. The molecule has 36 heteroatoms. The van der Waals surface area contributed by atoms with Gasteiger partial charge in [0.25, 0.3) is 0 Å². The van der Waals surface area contributed by atoms with E-state index in [1.807, 2.05) is 137 Å². The molecular formula is C109H163FN10O25. The number of Topliss-reactive ketones (excluding diaryl/α,β-unsaturated/α-hetero) is 4. The molecule has 4 aromatic rings. The number of unbranched alkanes of at least 4 members (excludes halogenated alkanes) is 2. The summed E-state index contributed by atoms with van der Waals surface area (Å²) in [5, 5.41) is 29.2. The molecule has 4 aliphatic heterocycles. The molecule has 0 bridgehead atoms. The molecule has 4 aromatic carbocycles. The second-order valence-corrected chi connectivity index (χ2v) is 44.4. The Hall–Kier alpha value is -12.1. The van der Waals surface area contributed by atoms with E-state index in [1.165, 1.54) is 28.9 Å². The van der Waals surface area contributed by atoms with E-state index >= 15 is 0 Å². The summed E-state index contributed by atoms with van der Waals surface area (Å²) < 4.78 is 57.9. The van der Waals surface area contributed by atoms with Crippen LogP contribution in [0.4, 0.5) is 33.2 Å². The molecule has 10 atom stereocenters. The Morgan fingerprint density at radius 1 is 0.448 bits per heavy atom. The first-order chi connectivity index (χ1) is 68.0. The van der Waals surface area contributed by atoms with Gasteiger partial charge in [0.1, 0.15) is 57.3 Å². The molecule has 4 aliphatic rings. The number of carbonyl (C=O) groups is 16. The number of likely N-dealkylation sites (tertiary alicyclic amines) is 1. The minimum absolute atomic E-state index is 0.0139. The molecule has 0 saturated carbocycles. The van der Waals surface area contributed by atoms with Gasteiger partial charge in [0, 0.05) is 94.8 Å². The monoisotopic (exact) mass is 2030 g/mol. The molecule has 2 fully saturated rings. The van der Waals surface area contributed by atoms with E-state index in [0.29, 0.717) is 51.6 Å². The number of nitrogens with one attached hydrogen (secondary N) is 7. The second-order valence-electron chi connectivity index (χ2n) is 44.4. The Bertz CT molecular complexity index is 4990. The lowest BCUT2D eigenvalue weighted by atomic mass is 9.81. The number of alkyl carbamates (subject to hydrolysis) is 4. The van der Waals surface area contributed by atoms with Crippen LogP contribution in [-0.4, -0.2) is 245 Å². The molecule has 8 N–H and O–H groups in total. The number of hydrogen-bond donors (Lipinski definition) is 8. The SMILES string of the molecule is CC(C)C[C@@H](CC(=O)[C@H](CC(=O)[C@H]1Cc2ccccc2CN1C(=O)OC(C)(C)C)Cc1ccccc1)C(=O)N[C@H](CCCCNC(=O)OC(C)(C)C)C(=O)O.COC(=O)C1(NC(=O)OC(C)(C)C)CCN(C(=O)[C@@H](CCCCNC(=O)OC(C)(C)C)NC(=O)[C@H](CC(=O)[C@H](CC(=O)[C@H]2Cc3ccccc3CN2C(=O)OC(C)(C)C)Cc2ccccc2)CC(C)C)C1.COC(=O)C1(NC(=O)OC(C)(C)C)CCNC1.[2H]CF. The molecular weight excluding hydrogens is 1870 g/mol. The van der Waals surface area contributed by atoms with Crippen molar-refractivity contribution in [3.8, 4) is 0 Å². The number of methoxy groups -OCH3 is 2. The zero-order valence-electron chi connectivity index (χ0n) is 90.7. The lowest BCUT2D eigenvalue weighted by molar-refractivity contribution is -0.149. The predicted octanol–water partition coefficient (Wildman–Crippen LogP) is 15.7. The van der Waals surface area contributed by atoms with Gasteiger partial charge >= 0.3 is 54.5 Å². The van der Waals surface area contributed by atoms with Crippen LogP contribution < -0.4 is 37.2 Å². The summed E-state index contributed by atoms with van der Waals surface area (Å²) in [6.07, 6.45) is -0.524. The first kappa shape index (κ1) is 122. The van der Waals surface area contributed by atoms with Crippen LogP contribution in [0.3, 0.4) is 0 Å². The topological polar surface area (TPSA) is 461 Å². The van der Waals surface area contributed by atoms with Crippen LogP contribution in [0.25, 0.3) is 0 Å². The van der Waals surface area contributed by atoms with Gasteiger partial charge in [-0.1, -0.05) is 137 Å². The number of benzene rings is 4. The molecule has 0 spiro atoms. The van der Waals surface area contributed by atoms with E-state index in [9.17, 15) is 86.2 Å². The van der Waals surface area contributed by atoms with Crippen molar-refractivity contribution >= 4 is 95.3 Å². The lowest BCUT2D eigenvalue weighted by Gasteiger charge is -2.37. The van der Waals surface area contributed by atoms with Crippen LogP contribution in [0.2, 0.25) is 0 Å². The number of ketones is 4. The number of amides is 9. The fourth-order valence-electron chi connectivity index (χ4n) is 17.3. The van der Waals surface area contributed by atoms with E-state index in [0.717, 1.165) is 33.4 Å². The highest BCUT2D eigenvalue weighted by atomic mass is 19.1. The zero-order valence-corrected chi connectivity index (χ0v) is 89.7. The minimum Gasteiger partial charge on any atom is -0.480 e. The normalized spacial score (nSPS) is 18.0. The standard InChI is InChI=1S/C54H79N5O12.C43H61N3O9.C11H20N2O4.CH3F/c1-35(2)28-40(32-43(60)39(29-36-20-14-13-15-21-36)31-44(61)42-30-37-22-16-17-23-38(37)33-59(42)50(67)71-53(9,10)11)45(62)56-41(24-18-19-26-55-48(65)69-51(3,4)5)46(63)58-27-25-54(34-58,47(64)68-12)57-49(66)70-52(6,7)8;1-28(2)22-33(38(49)45-34(39(50)51)20-14-15-21-44-40(52)54-42(3,4)5)26-36(47)32(23-29-16-10-9-11-17-29)25-37(48)35-24-30-18-12-13-19-31(30)27-46(35)41(53)55-43(6,7)8;1-10(2,3)17-9(15)13-11(8(14)16-4)5-6-12-7-11;1-2/h13-17,20-23,35,39-42H,18-19,24-34H2,1-12H3,(H,55,65)(H,56,62)(H,57,66);9-13,16-19,28,32-35H,14-15,20-27H2,1-8H3,(H,44,52)(H,45,49)(H,50,51);12H,5-7H2,1-4H3,(H,13,15);1H3/t39-,40-,41+,42+,54?;32-,33-,34+,35+;;/m00../s1/i;;;1D. The van der Waals surface area contributed by atoms with E-state index in [2.05, 4.69) is 37.2 Å². The highest BCUT2D eigenvalue weighted by molar-refractivity contribution is 5.98. The van der Waals surface area contributed by atoms with Crippen molar-refractivity contribution < 1.29 is 125 Å². The third-order valence-electron chi connectivity index (χ3n) is 23.9. The highest BCUT2D eigenvalue weighted by Crippen LogP contribution is 2.35. The Labute approximate surface area is 857 Å². The number of halogens is 1. The molecule has 8 rings (SSSR count). The van der Waals surface area contributed by atoms with Gasteiger partial charge in [-0.3, -0.25) is 47.8 Å². The van der Waals surface area contributed by atoms with E-state index < -0.39 is 172 Å². The summed E-state index contributed by atoms with van der Waals surface area (Å²) in [5.74, 6) is -8.56. The van der Waals surface area contributed by atoms with Crippen molar-refractivity contribution in [2.45, 2.75) is 350 Å². The van der Waals surface area contributed by atoms with E-state index in [4.69, 9.17) is 39.3 Å². The molecule has 0 aliphatic carbocycles. The summed E-state index contributed by atoms with van der Waals surface area (Å²) in [6.45, 7) is 40.8. The van der Waals surface area contributed by atoms with Gasteiger partial charge < -0.3 is 85.1 Å². The number of fused-ring (bicyclic) bond motifs is 2. The maximum atomic E-state index is 14.8. The molecule has 0 radical (unpaired) electrons. The second kappa shape index (κ2) is 56.6. The van der Waals surface area contributed by atoms with E-state index in [1.54, 1.807) is 125 Å². The van der Waals surface area contributed by atoms with Crippen LogP contribution in [0, 0.1) is 35.5 Å². The Balaban J connectivity index is 0.000000440. The van der Waals surface area contributed by atoms with Gasteiger partial charge in [0.2, 0.25) is 17.7 Å². The number of aliphatic carboxylic acids is 1. The van der Waals surface area contributed by atoms with Gasteiger partial charge in [-0.05, 0) is 247 Å². The van der Waals surface area contributed by atoms with Gasteiger partial charge in [-0.15, -0.1) is 0 Å². The van der Waals surface area contributed by atoms with Gasteiger partial charge in [-0.25, -0.2) is 43.2 Å². The molecule has 2 unspecified atom stereocenters. The largest absolute Gasteiger partial charge is 0.480 e. The average molecular weight is 2030 g/mol. The van der Waals surface area contributed by atoms with Crippen LogP contribution >= 0.6 is 0 Å². The van der Waals surface area contributed by atoms with Crippen LogP contribution in [-0.2, 0) is 125 Å². The maximum absolute atomic E-state index is 14.8. The summed E-state index contributed by atoms with van der Waals surface area (Å²) in [5.41, 5.74) is -1.64. The summed E-state index contributed by atoms with van der Waals surface area (Å²) in [4.78, 5) is 218. The Morgan fingerprint density at radius 2 is 0.793 bits per heavy atom. The number of carboxylic acids is 1. The van der Waals surface area contributed by atoms with Crippen LogP contribution in [0.5, 0.6) is 0 Å². The number of carbonyl (C=O) groups excluding carboxylic acids is 15. The Morgan fingerprint density at radius 3 is 1.14 bits per heavy atom. The number of hydrogen-bond acceptors (Lipinski definition) is 25. The van der Waals surface area contributed by atoms with Crippen molar-refractivity contribution in [1.82, 2.24) is 51.9 Å². The van der Waals surface area contributed by atoms with Crippen LogP contribution in [0.1, 0.15) is 277 Å². The summed E-state index contributed by atoms with van der Waals surface area (Å²) in [6, 6.07) is 29.9. The fourth-order valence-corrected chi connectivity index (χ4v) is 17.3. The number of carboxylic acid groups (broad SMARTS) is 1.